The van der Waals surface area contributed by atoms with Crippen LogP contribution in [0.2, 0.25) is 0 Å². The number of aromatic nitrogens is 3. The first-order valence-electron chi connectivity index (χ1n) is 8.84. The Balaban J connectivity index is 0.00000240. The van der Waals surface area contributed by atoms with Gasteiger partial charge < -0.3 is 16.8 Å². The standard InChI is InChI=1S/C21H19N4O3.ClH/c1-15-5-4-8-24-19(15)12-18(16-6-3-7-17(11-16)25(27)28)21(24)20(26)13-23-10-9-22(2)14-23;/h3-12,14H,13H2,1-2H3;1H/q+1;/p-1. The molecule has 0 atom stereocenters. The second-order valence-corrected chi connectivity index (χ2v) is 6.84. The fourth-order valence-electron chi connectivity index (χ4n) is 3.47. The summed E-state index contributed by atoms with van der Waals surface area (Å²) >= 11 is 0. The Morgan fingerprint density at radius 2 is 1.97 bits per heavy atom. The van der Waals surface area contributed by atoms with Crippen molar-refractivity contribution in [2.24, 2.45) is 7.05 Å². The summed E-state index contributed by atoms with van der Waals surface area (Å²) in [5.41, 5.74) is 3.81. The minimum atomic E-state index is -0.425. The first-order chi connectivity index (χ1) is 13.4. The van der Waals surface area contributed by atoms with Crippen molar-refractivity contribution in [2.45, 2.75) is 13.5 Å². The summed E-state index contributed by atoms with van der Waals surface area (Å²) in [6, 6.07) is 12.2. The maximum Gasteiger partial charge on any atom is 0.270 e. The monoisotopic (exact) mass is 410 g/mol. The molecule has 0 spiro atoms. The number of imidazole rings is 1. The van der Waals surface area contributed by atoms with Crippen molar-refractivity contribution in [3.05, 3.63) is 88.8 Å². The van der Waals surface area contributed by atoms with Crippen LogP contribution < -0.4 is 17.0 Å². The molecule has 0 aliphatic carbocycles. The minimum Gasteiger partial charge on any atom is -1.00 e. The zero-order chi connectivity index (χ0) is 19.8. The highest BCUT2D eigenvalue weighted by molar-refractivity contribution is 6.02. The van der Waals surface area contributed by atoms with Gasteiger partial charge in [0.25, 0.3) is 5.69 Å². The Bertz CT molecular complexity index is 1230. The largest absolute Gasteiger partial charge is 1.00 e. The number of rotatable bonds is 5. The number of halogens is 1. The number of non-ortho nitro benzene ring substituents is 1. The molecule has 148 valence electrons. The fourth-order valence-corrected chi connectivity index (χ4v) is 3.47. The van der Waals surface area contributed by atoms with Gasteiger partial charge in [-0.05, 0) is 30.2 Å². The number of ketones is 1. The number of hydrogen-bond acceptors (Lipinski definition) is 3. The van der Waals surface area contributed by atoms with Crippen molar-refractivity contribution in [3.63, 3.8) is 0 Å². The summed E-state index contributed by atoms with van der Waals surface area (Å²) in [5.74, 6) is -0.0664. The van der Waals surface area contributed by atoms with E-state index in [2.05, 4.69) is 0 Å². The van der Waals surface area contributed by atoms with E-state index >= 15 is 0 Å². The van der Waals surface area contributed by atoms with Gasteiger partial charge in [0.2, 0.25) is 12.1 Å². The van der Waals surface area contributed by atoms with E-state index in [1.54, 1.807) is 12.1 Å². The zero-order valence-electron chi connectivity index (χ0n) is 15.9. The highest BCUT2D eigenvalue weighted by Gasteiger charge is 2.22. The normalized spacial score (nSPS) is 10.7. The molecule has 3 heterocycles. The molecule has 0 fully saturated rings. The lowest BCUT2D eigenvalue weighted by atomic mass is 10.0. The molecule has 4 aromatic rings. The molecule has 0 saturated carbocycles. The van der Waals surface area contributed by atoms with Gasteiger partial charge in [0.05, 0.1) is 12.0 Å². The molecule has 0 aliphatic heterocycles. The molecule has 0 bridgehead atoms. The number of nitrogens with zero attached hydrogens (tertiary/aromatic N) is 4. The molecule has 0 amide bonds. The summed E-state index contributed by atoms with van der Waals surface area (Å²) in [6.45, 7) is 2.16. The summed E-state index contributed by atoms with van der Waals surface area (Å²) in [7, 11) is 1.89. The molecule has 7 nitrogen and oxygen atoms in total. The number of carbonyl (C=O) groups excluding carboxylic acids is 1. The number of fused-ring (bicyclic) bond motifs is 1. The maximum atomic E-state index is 13.2. The Labute approximate surface area is 173 Å². The summed E-state index contributed by atoms with van der Waals surface area (Å²) in [6.07, 6.45) is 7.40. The first-order valence-corrected chi connectivity index (χ1v) is 8.84. The van der Waals surface area contributed by atoms with E-state index < -0.39 is 4.92 Å². The molecule has 0 N–H and O–H groups in total. The van der Waals surface area contributed by atoms with Crippen LogP contribution in [0.25, 0.3) is 16.6 Å². The SMILES string of the molecule is Cc1cccn2c(C(=O)C[n+]3ccn(C)c3)c(-c3cccc([N+](=O)[O-])c3)cc12.[Cl-]. The number of nitro groups is 1. The lowest BCUT2D eigenvalue weighted by Gasteiger charge is -2.06. The third-order valence-corrected chi connectivity index (χ3v) is 4.80. The van der Waals surface area contributed by atoms with Crippen LogP contribution >= 0.6 is 0 Å². The number of pyridine rings is 1. The van der Waals surface area contributed by atoms with E-state index in [0.29, 0.717) is 16.8 Å². The van der Waals surface area contributed by atoms with E-state index in [0.717, 1.165) is 11.1 Å². The van der Waals surface area contributed by atoms with E-state index in [9.17, 15) is 14.9 Å². The molecule has 29 heavy (non-hydrogen) atoms. The second-order valence-electron chi connectivity index (χ2n) is 6.84. The lowest BCUT2D eigenvalue weighted by Crippen LogP contribution is -3.00. The summed E-state index contributed by atoms with van der Waals surface area (Å²) in [4.78, 5) is 24.0. The molecule has 4 rings (SSSR count). The van der Waals surface area contributed by atoms with Crippen LogP contribution in [0.4, 0.5) is 5.69 Å². The van der Waals surface area contributed by atoms with E-state index in [4.69, 9.17) is 0 Å². The topological polar surface area (TPSA) is 73.4 Å². The van der Waals surface area contributed by atoms with E-state index in [1.165, 1.54) is 12.1 Å². The van der Waals surface area contributed by atoms with E-state index in [1.807, 2.05) is 70.6 Å². The van der Waals surface area contributed by atoms with Crippen LogP contribution in [-0.4, -0.2) is 19.7 Å². The predicted molar refractivity (Wildman–Crippen MR) is 104 cm³/mol. The van der Waals surface area contributed by atoms with Crippen LogP contribution in [0.5, 0.6) is 0 Å². The zero-order valence-corrected chi connectivity index (χ0v) is 16.7. The van der Waals surface area contributed by atoms with Crippen molar-refractivity contribution in [1.29, 1.82) is 0 Å². The molecule has 8 heteroatoms. The molecule has 0 unspecified atom stereocenters. The predicted octanol–water partition coefficient (Wildman–Crippen LogP) is 0.336. The quantitative estimate of drug-likeness (QED) is 0.206. The van der Waals surface area contributed by atoms with Crippen molar-refractivity contribution < 1.29 is 26.7 Å². The van der Waals surface area contributed by atoms with Gasteiger partial charge in [-0.1, -0.05) is 18.2 Å². The number of aryl methyl sites for hydroxylation is 2. The number of benzene rings is 1. The highest BCUT2D eigenvalue weighted by Crippen LogP contribution is 2.31. The number of carbonyl (C=O) groups is 1. The molecular weight excluding hydrogens is 392 g/mol. The number of Topliss-reactive ketones (excluding diaryl/α,β-unsaturated/α-hetero) is 1. The molecule has 0 aliphatic rings. The Hall–Kier alpha value is -3.45. The lowest BCUT2D eigenvalue weighted by molar-refractivity contribution is -0.682. The van der Waals surface area contributed by atoms with Crippen molar-refractivity contribution in [2.75, 3.05) is 0 Å². The van der Waals surface area contributed by atoms with Crippen molar-refractivity contribution in [1.82, 2.24) is 8.97 Å². The average Bonchev–Trinajstić information content (AvgIpc) is 3.26. The van der Waals surface area contributed by atoms with Crippen LogP contribution in [0, 0.1) is 17.0 Å². The summed E-state index contributed by atoms with van der Waals surface area (Å²) < 4.78 is 5.55. The third kappa shape index (κ3) is 3.77. The Kier molecular flexibility index (Phi) is 5.52. The first kappa shape index (κ1) is 20.3. The molecule has 1 aromatic carbocycles. The number of hydrogen-bond donors (Lipinski definition) is 0. The van der Waals surface area contributed by atoms with Gasteiger partial charge in [-0.2, -0.15) is 0 Å². The van der Waals surface area contributed by atoms with Gasteiger partial charge in [-0.3, -0.25) is 14.9 Å². The second kappa shape index (κ2) is 7.89. The van der Waals surface area contributed by atoms with Gasteiger partial charge in [0, 0.05) is 29.4 Å². The fraction of sp³-hybridized carbons (Fsp3) is 0.143. The maximum absolute atomic E-state index is 13.2. The Morgan fingerprint density at radius 1 is 1.17 bits per heavy atom. The molecule has 0 saturated heterocycles. The molecule has 0 radical (unpaired) electrons. The molecular formula is C21H19ClN4O3. The van der Waals surface area contributed by atoms with Gasteiger partial charge in [0.15, 0.2) is 6.54 Å². The number of nitro benzene ring substituents is 1. The average molecular weight is 411 g/mol. The minimum absolute atomic E-state index is 0. The van der Waals surface area contributed by atoms with Gasteiger partial charge >= 0.3 is 0 Å². The van der Waals surface area contributed by atoms with Crippen molar-refractivity contribution in [3.8, 4) is 11.1 Å². The Morgan fingerprint density at radius 3 is 2.66 bits per heavy atom. The van der Waals surface area contributed by atoms with Crippen molar-refractivity contribution >= 4 is 17.0 Å². The highest BCUT2D eigenvalue weighted by atomic mass is 35.5. The van der Waals surface area contributed by atoms with Gasteiger partial charge in [0.1, 0.15) is 18.1 Å². The van der Waals surface area contributed by atoms with Crippen LogP contribution in [-0.2, 0) is 13.6 Å². The summed E-state index contributed by atoms with van der Waals surface area (Å²) in [5, 5.41) is 11.2. The van der Waals surface area contributed by atoms with E-state index in [-0.39, 0.29) is 30.4 Å². The molecule has 3 aromatic heterocycles. The smallest absolute Gasteiger partial charge is 0.270 e. The third-order valence-electron chi connectivity index (χ3n) is 4.80. The van der Waals surface area contributed by atoms with Gasteiger partial charge in [-0.15, -0.1) is 0 Å². The van der Waals surface area contributed by atoms with Crippen LogP contribution in [0.3, 0.4) is 0 Å². The van der Waals surface area contributed by atoms with Crippen LogP contribution in [0.1, 0.15) is 16.1 Å². The van der Waals surface area contributed by atoms with Crippen LogP contribution in [0.15, 0.2) is 67.4 Å². The van der Waals surface area contributed by atoms with Gasteiger partial charge in [-0.25, -0.2) is 9.13 Å².